The van der Waals surface area contributed by atoms with Crippen molar-refractivity contribution in [2.45, 2.75) is 51.7 Å². The first-order valence-electron chi connectivity index (χ1n) is 13.1. The number of hydrogen-bond acceptors (Lipinski definition) is 7. The molecule has 0 aliphatic rings. The number of phenolic OH excluding ortho intramolecular Hbond substituents is 1. The molecule has 3 atom stereocenters. The number of benzene rings is 2. The molecule has 0 bridgehead atoms. The summed E-state index contributed by atoms with van der Waals surface area (Å²) in [7, 11) is 0. The zero-order valence-corrected chi connectivity index (χ0v) is 23.2. The lowest BCUT2D eigenvalue weighted by atomic mass is 10.0. The van der Waals surface area contributed by atoms with Crippen molar-refractivity contribution in [2.24, 2.45) is 11.7 Å². The van der Waals surface area contributed by atoms with Crippen LogP contribution in [-0.2, 0) is 30.4 Å². The number of phenols is 1. The molecule has 41 heavy (non-hydrogen) atoms. The molecule has 0 aliphatic heterocycles. The van der Waals surface area contributed by atoms with Crippen molar-refractivity contribution in [1.82, 2.24) is 21.3 Å². The number of aromatic hydroxyl groups is 1. The Morgan fingerprint density at radius 2 is 1.54 bits per heavy atom. The van der Waals surface area contributed by atoms with Crippen molar-refractivity contribution < 1.29 is 34.2 Å². The molecule has 12 nitrogen and oxygen atoms in total. The van der Waals surface area contributed by atoms with Gasteiger partial charge in [0.2, 0.25) is 17.7 Å². The maximum atomic E-state index is 12.9. The van der Waals surface area contributed by atoms with Crippen molar-refractivity contribution in [3.63, 3.8) is 0 Å². The number of carboxylic acid groups (broad SMARTS) is 1. The summed E-state index contributed by atoms with van der Waals surface area (Å²) in [5, 5.41) is 28.6. The lowest BCUT2D eigenvalue weighted by Crippen LogP contribution is -2.52. The van der Waals surface area contributed by atoms with Gasteiger partial charge in [0, 0.05) is 0 Å². The van der Waals surface area contributed by atoms with Gasteiger partial charge in [0.15, 0.2) is 0 Å². The minimum Gasteiger partial charge on any atom is -0.508 e. The van der Waals surface area contributed by atoms with Crippen LogP contribution in [0.2, 0.25) is 0 Å². The molecule has 0 spiro atoms. The molecule has 4 amide bonds. The van der Waals surface area contributed by atoms with Crippen LogP contribution in [0.25, 0.3) is 6.08 Å². The Labute approximate surface area is 238 Å². The van der Waals surface area contributed by atoms with Gasteiger partial charge < -0.3 is 37.2 Å². The quantitative estimate of drug-likeness (QED) is 0.161. The Bertz CT molecular complexity index is 1250. The molecule has 12 heteroatoms. The van der Waals surface area contributed by atoms with E-state index in [1.54, 1.807) is 42.5 Å². The van der Waals surface area contributed by atoms with E-state index in [1.807, 2.05) is 13.8 Å². The molecule has 0 heterocycles. The monoisotopic (exact) mass is 567 g/mol. The standard InChI is InChI=1S/C29H37N5O7/c1-17(2)13-24(29(40)41)34-28(39)23(15-19-7-5-4-6-8-19)33-25(36)16-31-26(37)18(3)32-27(38)22(30)14-20-9-11-21(35)12-10-20/h4-12,15,17-18,22,24,35H,13-14,16,30H2,1-3H3,(H,31,37)(H,32,38)(H,33,36)(H,34,39)(H,40,41)/b23-15+/t18-,22+,24+/m1/s1. The average Bonchev–Trinajstić information content (AvgIpc) is 2.92. The van der Waals surface area contributed by atoms with Crippen LogP contribution >= 0.6 is 0 Å². The van der Waals surface area contributed by atoms with Crippen molar-refractivity contribution in [3.8, 4) is 5.75 Å². The molecular weight excluding hydrogens is 530 g/mol. The molecule has 2 aromatic carbocycles. The van der Waals surface area contributed by atoms with Gasteiger partial charge in [-0.3, -0.25) is 19.2 Å². The second-order valence-electron chi connectivity index (χ2n) is 9.94. The van der Waals surface area contributed by atoms with Gasteiger partial charge in [0.05, 0.1) is 12.6 Å². The Morgan fingerprint density at radius 3 is 2.12 bits per heavy atom. The minimum absolute atomic E-state index is 0.00685. The highest BCUT2D eigenvalue weighted by atomic mass is 16.4. The molecule has 0 radical (unpaired) electrons. The summed E-state index contributed by atoms with van der Waals surface area (Å²) in [4.78, 5) is 62.1. The van der Waals surface area contributed by atoms with Gasteiger partial charge in [-0.2, -0.15) is 0 Å². The summed E-state index contributed by atoms with van der Waals surface area (Å²) in [6, 6.07) is 11.7. The normalized spacial score (nSPS) is 13.4. The third-order valence-corrected chi connectivity index (χ3v) is 5.84. The van der Waals surface area contributed by atoms with Gasteiger partial charge in [0.1, 0.15) is 23.5 Å². The van der Waals surface area contributed by atoms with E-state index >= 15 is 0 Å². The Kier molecular flexibility index (Phi) is 12.5. The molecule has 0 aromatic heterocycles. The van der Waals surface area contributed by atoms with Gasteiger partial charge in [-0.05, 0) is 55.0 Å². The smallest absolute Gasteiger partial charge is 0.326 e. The van der Waals surface area contributed by atoms with E-state index in [0.29, 0.717) is 5.56 Å². The minimum atomic E-state index is -1.21. The van der Waals surface area contributed by atoms with E-state index < -0.39 is 54.3 Å². The fourth-order valence-electron chi connectivity index (χ4n) is 3.68. The van der Waals surface area contributed by atoms with Gasteiger partial charge in [-0.1, -0.05) is 56.3 Å². The number of carbonyl (C=O) groups excluding carboxylic acids is 4. The predicted molar refractivity (Wildman–Crippen MR) is 152 cm³/mol. The van der Waals surface area contributed by atoms with E-state index in [0.717, 1.165) is 5.56 Å². The summed E-state index contributed by atoms with van der Waals surface area (Å²) in [5.41, 5.74) is 7.04. The highest BCUT2D eigenvalue weighted by molar-refractivity contribution is 6.03. The number of rotatable bonds is 14. The first kappa shape index (κ1) is 32.5. The van der Waals surface area contributed by atoms with Crippen molar-refractivity contribution >= 4 is 35.7 Å². The fourth-order valence-corrected chi connectivity index (χ4v) is 3.68. The van der Waals surface area contributed by atoms with Gasteiger partial charge in [0.25, 0.3) is 5.91 Å². The Balaban J connectivity index is 1.98. The fraction of sp³-hybridized carbons (Fsp3) is 0.345. The lowest BCUT2D eigenvalue weighted by Gasteiger charge is -2.19. The number of amides is 4. The molecule has 0 fully saturated rings. The molecule has 8 N–H and O–H groups in total. The largest absolute Gasteiger partial charge is 0.508 e. The van der Waals surface area contributed by atoms with Crippen LogP contribution in [0.1, 0.15) is 38.3 Å². The maximum absolute atomic E-state index is 12.9. The molecule has 0 saturated heterocycles. The highest BCUT2D eigenvalue weighted by Crippen LogP contribution is 2.11. The van der Waals surface area contributed by atoms with E-state index in [-0.39, 0.29) is 30.2 Å². The molecule has 0 aliphatic carbocycles. The van der Waals surface area contributed by atoms with Crippen LogP contribution in [0.4, 0.5) is 0 Å². The second kappa shape index (κ2) is 15.8. The van der Waals surface area contributed by atoms with Gasteiger partial charge in [-0.25, -0.2) is 4.79 Å². The molecule has 2 rings (SSSR count). The maximum Gasteiger partial charge on any atom is 0.326 e. The lowest BCUT2D eigenvalue weighted by molar-refractivity contribution is -0.141. The number of hydrogen-bond donors (Lipinski definition) is 7. The number of carboxylic acids is 1. The molecule has 0 saturated carbocycles. The molecule has 2 aromatic rings. The van der Waals surface area contributed by atoms with Crippen LogP contribution < -0.4 is 27.0 Å². The van der Waals surface area contributed by atoms with Crippen molar-refractivity contribution in [1.29, 1.82) is 0 Å². The summed E-state index contributed by atoms with van der Waals surface area (Å²) in [5.74, 6) is -3.91. The van der Waals surface area contributed by atoms with Gasteiger partial charge in [-0.15, -0.1) is 0 Å². The zero-order chi connectivity index (χ0) is 30.5. The van der Waals surface area contributed by atoms with Crippen LogP contribution in [-0.4, -0.2) is 64.5 Å². The summed E-state index contributed by atoms with van der Waals surface area (Å²) < 4.78 is 0. The summed E-state index contributed by atoms with van der Waals surface area (Å²) >= 11 is 0. The topological polar surface area (TPSA) is 200 Å². The zero-order valence-electron chi connectivity index (χ0n) is 23.2. The van der Waals surface area contributed by atoms with Crippen LogP contribution in [0, 0.1) is 5.92 Å². The number of nitrogens with one attached hydrogen (secondary N) is 4. The van der Waals surface area contributed by atoms with E-state index in [9.17, 15) is 34.2 Å². The Hall–Kier alpha value is -4.71. The average molecular weight is 568 g/mol. The summed E-state index contributed by atoms with van der Waals surface area (Å²) in [6.45, 7) is 4.54. The number of aliphatic carboxylic acids is 1. The van der Waals surface area contributed by atoms with Crippen molar-refractivity contribution in [3.05, 3.63) is 71.4 Å². The first-order valence-corrected chi connectivity index (χ1v) is 13.1. The third-order valence-electron chi connectivity index (χ3n) is 5.84. The molecule has 0 unspecified atom stereocenters. The predicted octanol–water partition coefficient (Wildman–Crippen LogP) is 0.656. The first-order chi connectivity index (χ1) is 19.3. The van der Waals surface area contributed by atoms with E-state index in [1.165, 1.54) is 25.1 Å². The van der Waals surface area contributed by atoms with Crippen LogP contribution in [0.5, 0.6) is 5.75 Å². The molecular formula is C29H37N5O7. The second-order valence-corrected chi connectivity index (χ2v) is 9.94. The third kappa shape index (κ3) is 11.5. The van der Waals surface area contributed by atoms with E-state index in [4.69, 9.17) is 5.73 Å². The van der Waals surface area contributed by atoms with Gasteiger partial charge >= 0.3 is 5.97 Å². The highest BCUT2D eigenvalue weighted by Gasteiger charge is 2.25. The van der Waals surface area contributed by atoms with Crippen LogP contribution in [0.15, 0.2) is 60.3 Å². The number of carbonyl (C=O) groups is 5. The van der Waals surface area contributed by atoms with E-state index in [2.05, 4.69) is 21.3 Å². The molecule has 220 valence electrons. The van der Waals surface area contributed by atoms with Crippen LogP contribution in [0.3, 0.4) is 0 Å². The Morgan fingerprint density at radius 1 is 0.902 bits per heavy atom. The SMILES string of the molecule is CC(C)C[C@H](NC(=O)/C(=C\c1ccccc1)NC(=O)CNC(=O)[C@@H](C)NC(=O)[C@@H](N)Cc1ccc(O)cc1)C(=O)O. The summed E-state index contributed by atoms with van der Waals surface area (Å²) in [6.07, 6.45) is 1.76. The van der Waals surface area contributed by atoms with Crippen molar-refractivity contribution in [2.75, 3.05) is 6.54 Å². The number of nitrogens with two attached hydrogens (primary N) is 1.